The number of urea groups is 1. The number of benzene rings is 1. The highest BCUT2D eigenvalue weighted by molar-refractivity contribution is 7.99. The molecule has 2 rings (SSSR count). The van der Waals surface area contributed by atoms with Crippen LogP contribution in [-0.4, -0.2) is 35.6 Å². The van der Waals surface area contributed by atoms with Crippen molar-refractivity contribution >= 4 is 29.4 Å². The van der Waals surface area contributed by atoms with Crippen LogP contribution < -0.4 is 10.6 Å². The molecule has 0 radical (unpaired) electrons. The van der Waals surface area contributed by atoms with Gasteiger partial charge in [-0.05, 0) is 49.9 Å². The number of hydrogen-bond donors (Lipinski definition) is 3. The highest BCUT2D eigenvalue weighted by Gasteiger charge is 2.20. The van der Waals surface area contributed by atoms with Crippen molar-refractivity contribution in [2.75, 3.05) is 12.3 Å². The molecule has 1 aromatic carbocycles. The van der Waals surface area contributed by atoms with Crippen molar-refractivity contribution in [3.8, 4) is 0 Å². The molecule has 0 aliphatic heterocycles. The third-order valence-corrected chi connectivity index (χ3v) is 4.77. The van der Waals surface area contributed by atoms with Crippen molar-refractivity contribution in [1.82, 2.24) is 10.6 Å². The number of nitrogens with one attached hydrogen (secondary N) is 2. The molecule has 3 N–H and O–H groups in total. The molecule has 1 aromatic rings. The molecule has 1 aliphatic carbocycles. The minimum Gasteiger partial charge on any atom is -0.393 e. The maximum Gasteiger partial charge on any atom is 0.315 e. The van der Waals surface area contributed by atoms with E-state index in [-0.39, 0.29) is 18.2 Å². The van der Waals surface area contributed by atoms with Crippen LogP contribution in [0.5, 0.6) is 0 Å². The maximum atomic E-state index is 11.7. The molecule has 0 aromatic heterocycles. The summed E-state index contributed by atoms with van der Waals surface area (Å²) in [5, 5.41) is 16.0. The van der Waals surface area contributed by atoms with Gasteiger partial charge < -0.3 is 15.7 Å². The van der Waals surface area contributed by atoms with E-state index in [1.165, 1.54) is 0 Å². The van der Waals surface area contributed by atoms with Gasteiger partial charge in [-0.25, -0.2) is 4.79 Å². The highest BCUT2D eigenvalue weighted by atomic mass is 35.5. The monoisotopic (exact) mass is 328 g/mol. The number of amides is 2. The largest absolute Gasteiger partial charge is 0.393 e. The first-order valence-corrected chi connectivity index (χ1v) is 8.60. The van der Waals surface area contributed by atoms with Crippen LogP contribution in [0, 0.1) is 0 Å². The molecule has 0 unspecified atom stereocenters. The summed E-state index contributed by atoms with van der Waals surface area (Å²) in [6.07, 6.45) is 3.07. The molecule has 2 amide bonds. The van der Waals surface area contributed by atoms with Gasteiger partial charge in [0, 0.05) is 28.3 Å². The first-order chi connectivity index (χ1) is 10.1. The first-order valence-electron chi connectivity index (χ1n) is 7.24. The summed E-state index contributed by atoms with van der Waals surface area (Å²) in [5.74, 6) is 0.818. The minimum atomic E-state index is -0.193. The third kappa shape index (κ3) is 6.16. The van der Waals surface area contributed by atoms with E-state index in [0.717, 1.165) is 41.4 Å². The lowest BCUT2D eigenvalue weighted by atomic mass is 9.93. The molecule has 0 bridgehead atoms. The van der Waals surface area contributed by atoms with Crippen molar-refractivity contribution in [2.24, 2.45) is 0 Å². The molecular formula is C15H21ClN2O2S. The molecule has 116 valence electrons. The molecule has 0 atom stereocenters. The SMILES string of the molecule is O=C(NCCSc1ccc(Cl)cc1)NC1CCC(O)CC1. The molecule has 1 aliphatic rings. The van der Waals surface area contributed by atoms with Crippen LogP contribution >= 0.6 is 23.4 Å². The van der Waals surface area contributed by atoms with Gasteiger partial charge >= 0.3 is 6.03 Å². The Balaban J connectivity index is 1.58. The average Bonchev–Trinajstić information content (AvgIpc) is 2.48. The Hall–Kier alpha value is -0.910. The van der Waals surface area contributed by atoms with Gasteiger partial charge in [0.1, 0.15) is 0 Å². The van der Waals surface area contributed by atoms with E-state index >= 15 is 0 Å². The van der Waals surface area contributed by atoms with Crippen molar-refractivity contribution in [3.05, 3.63) is 29.3 Å². The van der Waals surface area contributed by atoms with Crippen molar-refractivity contribution in [3.63, 3.8) is 0 Å². The van der Waals surface area contributed by atoms with E-state index in [9.17, 15) is 9.90 Å². The fourth-order valence-corrected chi connectivity index (χ4v) is 3.22. The van der Waals surface area contributed by atoms with Crippen LogP contribution in [0.4, 0.5) is 4.79 Å². The standard InChI is InChI=1S/C15H21ClN2O2S/c16-11-1-7-14(8-2-11)21-10-9-17-15(20)18-12-3-5-13(19)6-4-12/h1-2,7-8,12-13,19H,3-6,9-10H2,(H2,17,18,20). The second-order valence-electron chi connectivity index (χ2n) is 5.21. The predicted octanol–water partition coefficient (Wildman–Crippen LogP) is 3.03. The summed E-state index contributed by atoms with van der Waals surface area (Å²) in [7, 11) is 0. The number of carbonyl (C=O) groups excluding carboxylic acids is 1. The minimum absolute atomic E-state index is 0.118. The van der Waals surface area contributed by atoms with Crippen molar-refractivity contribution in [2.45, 2.75) is 42.7 Å². The zero-order chi connectivity index (χ0) is 15.1. The Labute approximate surface area is 134 Å². The summed E-state index contributed by atoms with van der Waals surface area (Å²) < 4.78 is 0. The Morgan fingerprint density at radius 2 is 1.90 bits per heavy atom. The fourth-order valence-electron chi connectivity index (χ4n) is 2.32. The third-order valence-electron chi connectivity index (χ3n) is 3.50. The van der Waals surface area contributed by atoms with E-state index < -0.39 is 0 Å². The molecule has 6 heteroatoms. The van der Waals surface area contributed by atoms with Crippen molar-refractivity contribution < 1.29 is 9.90 Å². The first kappa shape index (κ1) is 16.5. The predicted molar refractivity (Wildman–Crippen MR) is 87.0 cm³/mol. The van der Waals surface area contributed by atoms with Gasteiger partial charge in [-0.15, -0.1) is 11.8 Å². The number of hydrogen-bond acceptors (Lipinski definition) is 3. The second kappa shape index (κ2) is 8.51. The van der Waals surface area contributed by atoms with Gasteiger partial charge in [-0.3, -0.25) is 0 Å². The Kier molecular flexibility index (Phi) is 6.67. The molecular weight excluding hydrogens is 308 g/mol. The smallest absolute Gasteiger partial charge is 0.315 e. The van der Waals surface area contributed by atoms with Gasteiger partial charge in [0.15, 0.2) is 0 Å². The number of aliphatic hydroxyl groups excluding tert-OH is 1. The lowest BCUT2D eigenvalue weighted by Crippen LogP contribution is -2.44. The zero-order valence-electron chi connectivity index (χ0n) is 11.8. The van der Waals surface area contributed by atoms with Crippen LogP contribution in [0.1, 0.15) is 25.7 Å². The Bertz CT molecular complexity index is 447. The van der Waals surface area contributed by atoms with Crippen molar-refractivity contribution in [1.29, 1.82) is 0 Å². The van der Waals surface area contributed by atoms with Gasteiger partial charge in [0.2, 0.25) is 0 Å². The second-order valence-corrected chi connectivity index (χ2v) is 6.81. The summed E-state index contributed by atoms with van der Waals surface area (Å²) in [6.45, 7) is 0.620. The highest BCUT2D eigenvalue weighted by Crippen LogP contribution is 2.20. The zero-order valence-corrected chi connectivity index (χ0v) is 13.4. The number of thioether (sulfide) groups is 1. The quantitative estimate of drug-likeness (QED) is 0.575. The summed E-state index contributed by atoms with van der Waals surface area (Å²) in [5.41, 5.74) is 0. The molecule has 1 fully saturated rings. The fraction of sp³-hybridized carbons (Fsp3) is 0.533. The normalized spacial score (nSPS) is 21.8. The molecule has 0 spiro atoms. The van der Waals surface area contributed by atoms with Crippen LogP contribution in [0.2, 0.25) is 5.02 Å². The Morgan fingerprint density at radius 1 is 1.24 bits per heavy atom. The number of aliphatic hydroxyl groups is 1. The van der Waals surface area contributed by atoms with E-state index in [0.29, 0.717) is 6.54 Å². The van der Waals surface area contributed by atoms with Crippen LogP contribution in [0.15, 0.2) is 29.2 Å². The Morgan fingerprint density at radius 3 is 2.57 bits per heavy atom. The van der Waals surface area contributed by atoms with Crippen LogP contribution in [-0.2, 0) is 0 Å². The van der Waals surface area contributed by atoms with Gasteiger partial charge in [0.05, 0.1) is 6.10 Å². The van der Waals surface area contributed by atoms with Crippen LogP contribution in [0.3, 0.4) is 0 Å². The molecule has 4 nitrogen and oxygen atoms in total. The molecule has 21 heavy (non-hydrogen) atoms. The lowest BCUT2D eigenvalue weighted by molar-refractivity contribution is 0.117. The summed E-state index contributed by atoms with van der Waals surface area (Å²) in [4.78, 5) is 12.9. The van der Waals surface area contributed by atoms with E-state index in [2.05, 4.69) is 10.6 Å². The lowest BCUT2D eigenvalue weighted by Gasteiger charge is -2.26. The molecule has 0 saturated heterocycles. The molecule has 1 saturated carbocycles. The van der Waals surface area contributed by atoms with E-state index in [4.69, 9.17) is 11.6 Å². The summed E-state index contributed by atoms with van der Waals surface area (Å²) in [6, 6.07) is 7.74. The number of carbonyl (C=O) groups is 1. The van der Waals surface area contributed by atoms with E-state index in [1.54, 1.807) is 11.8 Å². The van der Waals surface area contributed by atoms with Gasteiger partial charge in [-0.1, -0.05) is 11.6 Å². The maximum absolute atomic E-state index is 11.7. The summed E-state index contributed by atoms with van der Waals surface area (Å²) >= 11 is 7.51. The topological polar surface area (TPSA) is 61.4 Å². The van der Waals surface area contributed by atoms with Gasteiger partial charge in [0.25, 0.3) is 0 Å². The molecule has 0 heterocycles. The average molecular weight is 329 g/mol. The number of rotatable bonds is 5. The van der Waals surface area contributed by atoms with E-state index in [1.807, 2.05) is 24.3 Å². The number of halogens is 1. The van der Waals surface area contributed by atoms with Gasteiger partial charge in [-0.2, -0.15) is 0 Å². The van der Waals surface area contributed by atoms with Crippen LogP contribution in [0.25, 0.3) is 0 Å².